The van der Waals surface area contributed by atoms with Crippen LogP contribution in [0.2, 0.25) is 0 Å². The number of rotatable bonds is 2. The van der Waals surface area contributed by atoms with Crippen LogP contribution < -0.4 is 10.6 Å². The van der Waals surface area contributed by atoms with Crippen molar-refractivity contribution in [2.75, 3.05) is 31.2 Å². The minimum absolute atomic E-state index is 0.339. The second-order valence-corrected chi connectivity index (χ2v) is 5.26. The van der Waals surface area contributed by atoms with Crippen molar-refractivity contribution in [3.8, 4) is 0 Å². The van der Waals surface area contributed by atoms with Crippen molar-refractivity contribution in [2.24, 2.45) is 5.73 Å². The molecule has 3 N–H and O–H groups in total. The van der Waals surface area contributed by atoms with Gasteiger partial charge in [-0.3, -0.25) is 5.10 Å². The Morgan fingerprint density at radius 2 is 2.11 bits per heavy atom. The molecule has 2 aliphatic heterocycles. The lowest BCUT2D eigenvalue weighted by atomic mass is 10.0. The second-order valence-electron chi connectivity index (χ2n) is 5.26. The van der Waals surface area contributed by atoms with E-state index in [1.54, 1.807) is 0 Å². The number of anilines is 1. The Bertz CT molecular complexity index is 380. The molecule has 100 valence electrons. The molecule has 0 aromatic carbocycles. The van der Waals surface area contributed by atoms with Crippen molar-refractivity contribution >= 4 is 5.95 Å². The lowest BCUT2D eigenvalue weighted by Crippen LogP contribution is -2.40. The SMILES string of the molecule is NC1CCN(c2n[nH]c(C3CCCOC3)n2)CC1. The van der Waals surface area contributed by atoms with Crippen LogP contribution in [-0.2, 0) is 4.74 Å². The van der Waals surface area contributed by atoms with Gasteiger partial charge in [0.15, 0.2) is 0 Å². The molecular weight excluding hydrogens is 230 g/mol. The van der Waals surface area contributed by atoms with Crippen molar-refractivity contribution < 1.29 is 4.74 Å². The quantitative estimate of drug-likeness (QED) is 0.805. The molecule has 1 unspecified atom stereocenters. The predicted molar refractivity (Wildman–Crippen MR) is 68.6 cm³/mol. The van der Waals surface area contributed by atoms with Gasteiger partial charge >= 0.3 is 0 Å². The van der Waals surface area contributed by atoms with Gasteiger partial charge in [0, 0.05) is 31.7 Å². The van der Waals surface area contributed by atoms with Gasteiger partial charge in [-0.1, -0.05) is 0 Å². The standard InChI is InChI=1S/C12H21N5O/c13-10-3-5-17(6-4-10)12-14-11(15-16-12)9-2-1-7-18-8-9/h9-10H,1-8,13H2,(H,14,15,16). The first-order valence-corrected chi connectivity index (χ1v) is 6.83. The first-order valence-electron chi connectivity index (χ1n) is 6.83. The van der Waals surface area contributed by atoms with E-state index in [9.17, 15) is 0 Å². The fourth-order valence-electron chi connectivity index (χ4n) is 2.64. The average molecular weight is 251 g/mol. The Morgan fingerprint density at radius 3 is 2.83 bits per heavy atom. The highest BCUT2D eigenvalue weighted by molar-refractivity contribution is 5.30. The molecule has 0 saturated carbocycles. The van der Waals surface area contributed by atoms with E-state index < -0.39 is 0 Å². The van der Waals surface area contributed by atoms with Crippen LogP contribution in [0.5, 0.6) is 0 Å². The maximum atomic E-state index is 5.91. The Labute approximate surface area is 107 Å². The third-order valence-electron chi connectivity index (χ3n) is 3.86. The van der Waals surface area contributed by atoms with Crippen molar-refractivity contribution in [3.05, 3.63) is 5.82 Å². The zero-order chi connectivity index (χ0) is 12.4. The molecular formula is C12H21N5O. The number of H-pyrrole nitrogens is 1. The molecule has 0 bridgehead atoms. The van der Waals surface area contributed by atoms with E-state index in [1.807, 2.05) is 0 Å². The molecule has 6 heteroatoms. The maximum Gasteiger partial charge on any atom is 0.244 e. The van der Waals surface area contributed by atoms with Gasteiger partial charge in [0.2, 0.25) is 5.95 Å². The molecule has 1 atom stereocenters. The summed E-state index contributed by atoms with van der Waals surface area (Å²) in [5.74, 6) is 2.18. The molecule has 3 heterocycles. The van der Waals surface area contributed by atoms with Crippen LogP contribution in [-0.4, -0.2) is 47.5 Å². The number of nitrogens with one attached hydrogen (secondary N) is 1. The summed E-state index contributed by atoms with van der Waals surface area (Å²) in [6.07, 6.45) is 4.30. The normalized spacial score (nSPS) is 26.5. The van der Waals surface area contributed by atoms with Crippen molar-refractivity contribution in [2.45, 2.75) is 37.6 Å². The van der Waals surface area contributed by atoms with Crippen molar-refractivity contribution in [1.82, 2.24) is 15.2 Å². The molecule has 2 fully saturated rings. The molecule has 6 nitrogen and oxygen atoms in total. The monoisotopic (exact) mass is 251 g/mol. The molecule has 0 amide bonds. The van der Waals surface area contributed by atoms with Crippen LogP contribution in [0.4, 0.5) is 5.95 Å². The Balaban J connectivity index is 1.65. The molecule has 2 aliphatic rings. The third-order valence-corrected chi connectivity index (χ3v) is 3.86. The first kappa shape index (κ1) is 11.9. The third kappa shape index (κ3) is 2.49. The Hall–Kier alpha value is -1.14. The van der Waals surface area contributed by atoms with Crippen molar-refractivity contribution in [3.63, 3.8) is 0 Å². The lowest BCUT2D eigenvalue weighted by Gasteiger charge is -2.29. The average Bonchev–Trinajstić information content (AvgIpc) is 2.90. The zero-order valence-electron chi connectivity index (χ0n) is 10.6. The van der Waals surface area contributed by atoms with E-state index in [4.69, 9.17) is 10.5 Å². The summed E-state index contributed by atoms with van der Waals surface area (Å²) >= 11 is 0. The smallest absolute Gasteiger partial charge is 0.244 e. The number of aromatic amines is 1. The van der Waals surface area contributed by atoms with Gasteiger partial charge in [-0.2, -0.15) is 4.98 Å². The lowest BCUT2D eigenvalue weighted by molar-refractivity contribution is 0.0781. The van der Waals surface area contributed by atoms with E-state index in [2.05, 4.69) is 20.1 Å². The van der Waals surface area contributed by atoms with Crippen LogP contribution >= 0.6 is 0 Å². The largest absolute Gasteiger partial charge is 0.381 e. The summed E-state index contributed by atoms with van der Waals surface area (Å²) in [5, 5.41) is 7.40. The predicted octanol–water partition coefficient (Wildman–Crippen LogP) is 0.626. The highest BCUT2D eigenvalue weighted by atomic mass is 16.5. The van der Waals surface area contributed by atoms with Crippen LogP contribution in [0, 0.1) is 0 Å². The van der Waals surface area contributed by atoms with Gasteiger partial charge in [0.1, 0.15) is 5.82 Å². The summed E-state index contributed by atoms with van der Waals surface area (Å²) in [6.45, 7) is 3.56. The molecule has 18 heavy (non-hydrogen) atoms. The van der Waals surface area contributed by atoms with E-state index >= 15 is 0 Å². The molecule has 0 aliphatic carbocycles. The van der Waals surface area contributed by atoms with Gasteiger partial charge in [0.25, 0.3) is 0 Å². The number of aromatic nitrogens is 3. The molecule has 1 aromatic rings. The number of ether oxygens (including phenoxy) is 1. The summed E-state index contributed by atoms with van der Waals surface area (Å²) in [5.41, 5.74) is 5.91. The minimum Gasteiger partial charge on any atom is -0.381 e. The number of hydrogen-bond donors (Lipinski definition) is 2. The van der Waals surface area contributed by atoms with E-state index in [0.717, 1.165) is 63.8 Å². The number of nitrogens with zero attached hydrogens (tertiary/aromatic N) is 3. The molecule has 3 rings (SSSR count). The van der Waals surface area contributed by atoms with E-state index in [1.165, 1.54) is 0 Å². The number of nitrogens with two attached hydrogens (primary N) is 1. The maximum absolute atomic E-state index is 5.91. The summed E-state index contributed by atoms with van der Waals surface area (Å²) in [4.78, 5) is 6.84. The van der Waals surface area contributed by atoms with Gasteiger partial charge in [-0.25, -0.2) is 0 Å². The Morgan fingerprint density at radius 1 is 1.28 bits per heavy atom. The van der Waals surface area contributed by atoms with Crippen molar-refractivity contribution in [1.29, 1.82) is 0 Å². The molecule has 0 spiro atoms. The van der Waals surface area contributed by atoms with Gasteiger partial charge in [0.05, 0.1) is 6.61 Å². The minimum atomic E-state index is 0.339. The molecule has 1 aromatic heterocycles. The first-order chi connectivity index (χ1) is 8.83. The van der Waals surface area contributed by atoms with Crippen LogP contribution in [0.25, 0.3) is 0 Å². The van der Waals surface area contributed by atoms with Crippen LogP contribution in [0.15, 0.2) is 0 Å². The molecule has 0 radical (unpaired) electrons. The number of hydrogen-bond acceptors (Lipinski definition) is 5. The highest BCUT2D eigenvalue weighted by Gasteiger charge is 2.23. The van der Waals surface area contributed by atoms with Gasteiger partial charge < -0.3 is 15.4 Å². The fraction of sp³-hybridized carbons (Fsp3) is 0.833. The highest BCUT2D eigenvalue weighted by Crippen LogP contribution is 2.24. The second kappa shape index (κ2) is 5.24. The zero-order valence-corrected chi connectivity index (χ0v) is 10.6. The van der Waals surface area contributed by atoms with Gasteiger partial charge in [-0.05, 0) is 25.7 Å². The van der Waals surface area contributed by atoms with E-state index in [0.29, 0.717) is 12.0 Å². The topological polar surface area (TPSA) is 80.1 Å². The van der Waals surface area contributed by atoms with E-state index in [-0.39, 0.29) is 0 Å². The number of piperidine rings is 1. The Kier molecular flexibility index (Phi) is 3.47. The summed E-state index contributed by atoms with van der Waals surface area (Å²) < 4.78 is 5.49. The van der Waals surface area contributed by atoms with Crippen LogP contribution in [0.3, 0.4) is 0 Å². The summed E-state index contributed by atoms with van der Waals surface area (Å²) in [7, 11) is 0. The summed E-state index contributed by atoms with van der Waals surface area (Å²) in [6, 6.07) is 0.339. The fourth-order valence-corrected chi connectivity index (χ4v) is 2.64. The van der Waals surface area contributed by atoms with Crippen LogP contribution in [0.1, 0.15) is 37.4 Å². The van der Waals surface area contributed by atoms with Gasteiger partial charge in [-0.15, -0.1) is 5.10 Å². The molecule has 2 saturated heterocycles.